The largest absolute Gasteiger partial charge is 0.393 e. The maximum absolute atomic E-state index is 12.9. The minimum absolute atomic E-state index is 0.101. The van der Waals surface area contributed by atoms with E-state index in [2.05, 4.69) is 4.98 Å². The monoisotopic (exact) mass is 258 g/mol. The second-order valence-electron chi connectivity index (χ2n) is 4.92. The Hall–Kier alpha value is -1.47. The molecule has 7 heteroatoms. The molecule has 1 aliphatic heterocycles. The SMILES string of the molecule is CC1(n2ccc(=O)[nH]c2=O)COC(CO)(CF)C1. The lowest BCUT2D eigenvalue weighted by atomic mass is 9.90. The second-order valence-corrected chi connectivity index (χ2v) is 4.92. The molecule has 1 fully saturated rings. The third kappa shape index (κ3) is 1.99. The Morgan fingerprint density at radius 1 is 1.61 bits per heavy atom. The lowest BCUT2D eigenvalue weighted by Crippen LogP contribution is -2.44. The van der Waals surface area contributed by atoms with Crippen molar-refractivity contribution in [2.75, 3.05) is 19.9 Å². The summed E-state index contributed by atoms with van der Waals surface area (Å²) in [7, 11) is 0. The number of rotatable bonds is 3. The number of alkyl halides is 1. The van der Waals surface area contributed by atoms with Gasteiger partial charge in [0.2, 0.25) is 0 Å². The summed E-state index contributed by atoms with van der Waals surface area (Å²) < 4.78 is 19.6. The van der Waals surface area contributed by atoms with Crippen molar-refractivity contribution in [3.8, 4) is 0 Å². The van der Waals surface area contributed by atoms with E-state index in [1.165, 1.54) is 16.8 Å². The van der Waals surface area contributed by atoms with Crippen molar-refractivity contribution in [1.82, 2.24) is 9.55 Å². The summed E-state index contributed by atoms with van der Waals surface area (Å²) in [5.74, 6) is 0. The number of nitrogens with zero attached hydrogens (tertiary/aromatic N) is 1. The van der Waals surface area contributed by atoms with Gasteiger partial charge >= 0.3 is 5.69 Å². The molecule has 0 aliphatic carbocycles. The highest BCUT2D eigenvalue weighted by Crippen LogP contribution is 2.37. The van der Waals surface area contributed by atoms with Gasteiger partial charge in [-0.25, -0.2) is 9.18 Å². The summed E-state index contributed by atoms with van der Waals surface area (Å²) >= 11 is 0. The van der Waals surface area contributed by atoms with Crippen molar-refractivity contribution < 1.29 is 14.2 Å². The molecular formula is C11H15FN2O4. The number of aromatic amines is 1. The van der Waals surface area contributed by atoms with Gasteiger partial charge in [0, 0.05) is 18.7 Å². The van der Waals surface area contributed by atoms with Gasteiger partial charge in [-0.15, -0.1) is 0 Å². The Morgan fingerprint density at radius 3 is 2.83 bits per heavy atom. The minimum Gasteiger partial charge on any atom is -0.393 e. The smallest absolute Gasteiger partial charge is 0.328 e. The third-order valence-electron chi connectivity index (χ3n) is 3.33. The van der Waals surface area contributed by atoms with Crippen LogP contribution >= 0.6 is 0 Å². The molecule has 0 bridgehead atoms. The van der Waals surface area contributed by atoms with E-state index >= 15 is 0 Å². The number of nitrogens with one attached hydrogen (secondary N) is 1. The topological polar surface area (TPSA) is 84.3 Å². The predicted octanol–water partition coefficient (Wildman–Crippen LogP) is -0.627. The Balaban J connectivity index is 2.39. The Labute approximate surface area is 102 Å². The van der Waals surface area contributed by atoms with Crippen LogP contribution in [0.2, 0.25) is 0 Å². The van der Waals surface area contributed by atoms with E-state index < -0.39 is 35.7 Å². The van der Waals surface area contributed by atoms with Crippen LogP contribution in [0, 0.1) is 0 Å². The molecule has 2 heterocycles. The number of hydrogen-bond donors (Lipinski definition) is 2. The minimum atomic E-state index is -1.26. The Morgan fingerprint density at radius 2 is 2.33 bits per heavy atom. The summed E-state index contributed by atoms with van der Waals surface area (Å²) in [6, 6.07) is 1.22. The molecule has 100 valence electrons. The first-order valence-corrected chi connectivity index (χ1v) is 5.58. The van der Waals surface area contributed by atoms with Crippen LogP contribution in [0.15, 0.2) is 21.9 Å². The van der Waals surface area contributed by atoms with E-state index in [0.717, 1.165) is 0 Å². The molecule has 2 rings (SSSR count). The molecule has 6 nitrogen and oxygen atoms in total. The molecule has 0 aromatic carbocycles. The molecule has 1 saturated heterocycles. The maximum atomic E-state index is 12.9. The second kappa shape index (κ2) is 4.33. The van der Waals surface area contributed by atoms with E-state index in [1.807, 2.05) is 0 Å². The van der Waals surface area contributed by atoms with Gasteiger partial charge in [-0.2, -0.15) is 0 Å². The molecule has 1 aliphatic rings. The highest BCUT2D eigenvalue weighted by atomic mass is 19.1. The average molecular weight is 258 g/mol. The Kier molecular flexibility index (Phi) is 3.12. The fourth-order valence-corrected chi connectivity index (χ4v) is 2.33. The first kappa shape index (κ1) is 13.0. The van der Waals surface area contributed by atoms with Gasteiger partial charge in [-0.1, -0.05) is 0 Å². The molecule has 2 unspecified atom stereocenters. The molecule has 0 saturated carbocycles. The molecular weight excluding hydrogens is 243 g/mol. The summed E-state index contributed by atoms with van der Waals surface area (Å²) in [6.45, 7) is 0.553. The van der Waals surface area contributed by atoms with E-state index in [0.29, 0.717) is 0 Å². The summed E-state index contributed by atoms with van der Waals surface area (Å²) in [6.07, 6.45) is 1.52. The maximum Gasteiger partial charge on any atom is 0.328 e. The summed E-state index contributed by atoms with van der Waals surface area (Å²) in [5.41, 5.74) is -3.10. The van der Waals surface area contributed by atoms with Gasteiger partial charge in [-0.05, 0) is 6.92 Å². The number of hydrogen-bond acceptors (Lipinski definition) is 4. The molecule has 1 aromatic heterocycles. The van der Waals surface area contributed by atoms with Crippen molar-refractivity contribution in [3.63, 3.8) is 0 Å². The van der Waals surface area contributed by atoms with Crippen LogP contribution in [-0.4, -0.2) is 40.1 Å². The molecule has 0 amide bonds. The van der Waals surface area contributed by atoms with Crippen molar-refractivity contribution in [2.24, 2.45) is 0 Å². The number of aliphatic hydroxyl groups excluding tert-OH is 1. The highest BCUT2D eigenvalue weighted by Gasteiger charge is 2.48. The van der Waals surface area contributed by atoms with Crippen molar-refractivity contribution >= 4 is 0 Å². The first-order valence-electron chi connectivity index (χ1n) is 5.58. The van der Waals surface area contributed by atoms with Gasteiger partial charge in [0.15, 0.2) is 0 Å². The van der Waals surface area contributed by atoms with E-state index in [9.17, 15) is 19.1 Å². The zero-order valence-corrected chi connectivity index (χ0v) is 9.98. The van der Waals surface area contributed by atoms with Crippen LogP contribution in [0.3, 0.4) is 0 Å². The average Bonchev–Trinajstić information content (AvgIpc) is 2.68. The third-order valence-corrected chi connectivity index (χ3v) is 3.33. The quantitative estimate of drug-likeness (QED) is 0.756. The molecule has 0 radical (unpaired) electrons. The standard InChI is InChI=1S/C11H15FN2O4/c1-10(4-11(5-12,6-15)18-7-10)14-3-2-8(16)13-9(14)17/h2-3,15H,4-7H2,1H3,(H,13,16,17). The number of aromatic nitrogens is 2. The van der Waals surface area contributed by atoms with Crippen LogP contribution in [0.4, 0.5) is 4.39 Å². The molecule has 1 aromatic rings. The lowest BCUT2D eigenvalue weighted by molar-refractivity contribution is -0.0537. The normalized spacial score (nSPS) is 31.7. The van der Waals surface area contributed by atoms with Crippen LogP contribution in [0.5, 0.6) is 0 Å². The summed E-state index contributed by atoms with van der Waals surface area (Å²) in [5, 5.41) is 9.20. The van der Waals surface area contributed by atoms with Gasteiger partial charge < -0.3 is 9.84 Å². The van der Waals surface area contributed by atoms with Crippen LogP contribution in [-0.2, 0) is 10.3 Å². The number of H-pyrrole nitrogens is 1. The van der Waals surface area contributed by atoms with Crippen LogP contribution in [0.1, 0.15) is 13.3 Å². The van der Waals surface area contributed by atoms with Gasteiger partial charge in [0.25, 0.3) is 5.56 Å². The molecule has 2 atom stereocenters. The van der Waals surface area contributed by atoms with Gasteiger partial charge in [0.05, 0.1) is 18.8 Å². The molecule has 0 spiro atoms. The van der Waals surface area contributed by atoms with Crippen LogP contribution < -0.4 is 11.2 Å². The predicted molar refractivity (Wildman–Crippen MR) is 61.3 cm³/mol. The lowest BCUT2D eigenvalue weighted by Gasteiger charge is -2.27. The van der Waals surface area contributed by atoms with E-state index in [1.54, 1.807) is 6.92 Å². The zero-order chi connectivity index (χ0) is 13.4. The Bertz CT molecular complexity index is 548. The fraction of sp³-hybridized carbons (Fsp3) is 0.636. The van der Waals surface area contributed by atoms with Crippen molar-refractivity contribution in [2.45, 2.75) is 24.5 Å². The van der Waals surface area contributed by atoms with Gasteiger partial charge in [-0.3, -0.25) is 14.3 Å². The van der Waals surface area contributed by atoms with Crippen molar-refractivity contribution in [1.29, 1.82) is 0 Å². The molecule has 18 heavy (non-hydrogen) atoms. The number of halogens is 1. The molecule has 2 N–H and O–H groups in total. The van der Waals surface area contributed by atoms with Crippen molar-refractivity contribution in [3.05, 3.63) is 33.1 Å². The summed E-state index contributed by atoms with van der Waals surface area (Å²) in [4.78, 5) is 24.9. The highest BCUT2D eigenvalue weighted by molar-refractivity contribution is 5.01. The van der Waals surface area contributed by atoms with Gasteiger partial charge in [0.1, 0.15) is 12.3 Å². The fourth-order valence-electron chi connectivity index (χ4n) is 2.33. The zero-order valence-electron chi connectivity index (χ0n) is 9.98. The number of ether oxygens (including phenoxy) is 1. The van der Waals surface area contributed by atoms with E-state index in [-0.39, 0.29) is 13.0 Å². The number of aliphatic hydroxyl groups is 1. The van der Waals surface area contributed by atoms with Crippen LogP contribution in [0.25, 0.3) is 0 Å². The first-order chi connectivity index (χ1) is 8.45. The van der Waals surface area contributed by atoms with E-state index in [4.69, 9.17) is 4.74 Å².